The molecule has 0 aliphatic carbocycles. The van der Waals surface area contributed by atoms with Crippen LogP contribution in [0.4, 0.5) is 0 Å². The van der Waals surface area contributed by atoms with Gasteiger partial charge in [-0.1, -0.05) is 6.07 Å². The molecule has 110 valence electrons. The van der Waals surface area contributed by atoms with Crippen LogP contribution in [0.15, 0.2) is 18.3 Å². The predicted octanol–water partition coefficient (Wildman–Crippen LogP) is 0.814. The fourth-order valence-corrected chi connectivity index (χ4v) is 3.53. The van der Waals surface area contributed by atoms with Crippen molar-refractivity contribution >= 4 is 15.9 Å². The molecule has 0 unspecified atom stereocenters. The minimum absolute atomic E-state index is 0.0897. The van der Waals surface area contributed by atoms with Crippen molar-refractivity contribution in [2.45, 2.75) is 32.4 Å². The third-order valence-electron chi connectivity index (χ3n) is 3.36. The van der Waals surface area contributed by atoms with Gasteiger partial charge in [0.1, 0.15) is 0 Å². The van der Waals surface area contributed by atoms with Gasteiger partial charge in [0, 0.05) is 26.2 Å². The van der Waals surface area contributed by atoms with Crippen molar-refractivity contribution < 1.29 is 13.2 Å². The van der Waals surface area contributed by atoms with Gasteiger partial charge in [-0.05, 0) is 24.5 Å². The number of carbonyl (C=O) groups is 1. The molecular formula is C13H19N3O3S. The summed E-state index contributed by atoms with van der Waals surface area (Å²) < 4.78 is 24.9. The van der Waals surface area contributed by atoms with E-state index in [2.05, 4.69) is 10.3 Å². The molecule has 1 aromatic rings. The number of carbonyl (C=O) groups excluding carboxylic acids is 1. The van der Waals surface area contributed by atoms with E-state index in [4.69, 9.17) is 0 Å². The maximum atomic E-state index is 11.7. The first-order chi connectivity index (χ1) is 9.38. The Morgan fingerprint density at radius 2 is 2.25 bits per heavy atom. The second-order valence-electron chi connectivity index (χ2n) is 5.03. The van der Waals surface area contributed by atoms with E-state index in [1.807, 2.05) is 12.1 Å². The number of hydrogen-bond donors (Lipinski definition) is 1. The molecule has 0 radical (unpaired) electrons. The predicted molar refractivity (Wildman–Crippen MR) is 75.3 cm³/mol. The lowest BCUT2D eigenvalue weighted by Crippen LogP contribution is -2.29. The monoisotopic (exact) mass is 297 g/mol. The lowest BCUT2D eigenvalue weighted by Gasteiger charge is -2.21. The minimum atomic E-state index is -3.20. The van der Waals surface area contributed by atoms with Crippen LogP contribution in [0.2, 0.25) is 0 Å². The van der Waals surface area contributed by atoms with Crippen molar-refractivity contribution in [3.63, 3.8) is 0 Å². The molecule has 2 rings (SSSR count). The maximum absolute atomic E-state index is 11.7. The number of rotatable bonds is 4. The first kappa shape index (κ1) is 14.9. The molecular weight excluding hydrogens is 278 g/mol. The molecule has 6 nitrogen and oxygen atoms in total. The van der Waals surface area contributed by atoms with Crippen molar-refractivity contribution in [3.05, 3.63) is 29.6 Å². The van der Waals surface area contributed by atoms with Crippen molar-refractivity contribution in [1.29, 1.82) is 0 Å². The van der Waals surface area contributed by atoms with Crippen LogP contribution in [-0.4, -0.2) is 36.4 Å². The molecule has 1 aromatic heterocycles. The summed E-state index contributed by atoms with van der Waals surface area (Å²) >= 11 is 0. The quantitative estimate of drug-likeness (QED) is 0.892. The van der Waals surface area contributed by atoms with E-state index in [1.54, 1.807) is 6.20 Å². The topological polar surface area (TPSA) is 79.4 Å². The Hall–Kier alpha value is -1.47. The summed E-state index contributed by atoms with van der Waals surface area (Å²) in [5.74, 6) is -0.0897. The van der Waals surface area contributed by atoms with E-state index in [9.17, 15) is 13.2 Å². The average Bonchev–Trinajstić information content (AvgIpc) is 2.86. The summed E-state index contributed by atoms with van der Waals surface area (Å²) in [6, 6.07) is 3.54. The zero-order valence-electron chi connectivity index (χ0n) is 11.7. The molecule has 1 aliphatic heterocycles. The molecule has 0 saturated carbocycles. The maximum Gasteiger partial charge on any atom is 0.217 e. The summed E-state index contributed by atoms with van der Waals surface area (Å²) in [4.78, 5) is 15.2. The van der Waals surface area contributed by atoms with Gasteiger partial charge < -0.3 is 5.32 Å². The number of sulfonamides is 1. The molecule has 0 bridgehead atoms. The smallest absolute Gasteiger partial charge is 0.217 e. The van der Waals surface area contributed by atoms with E-state index in [1.165, 1.54) is 17.5 Å². The SMILES string of the molecule is CC(=O)NCc1ccc([C@@H]2CCCN2S(C)(=O)=O)nc1. The van der Waals surface area contributed by atoms with E-state index in [-0.39, 0.29) is 11.9 Å². The summed E-state index contributed by atoms with van der Waals surface area (Å²) in [6.07, 6.45) is 4.57. The fourth-order valence-electron chi connectivity index (χ4n) is 2.40. The van der Waals surface area contributed by atoms with Crippen molar-refractivity contribution in [2.24, 2.45) is 0 Å². The number of pyridine rings is 1. The number of aromatic nitrogens is 1. The lowest BCUT2D eigenvalue weighted by atomic mass is 10.1. The largest absolute Gasteiger partial charge is 0.352 e. The highest BCUT2D eigenvalue weighted by Crippen LogP contribution is 2.32. The van der Waals surface area contributed by atoms with E-state index < -0.39 is 10.0 Å². The van der Waals surface area contributed by atoms with Gasteiger partial charge in [0.05, 0.1) is 18.0 Å². The first-order valence-corrected chi connectivity index (χ1v) is 8.39. The standard InChI is InChI=1S/C13H19N3O3S/c1-10(17)14-8-11-5-6-12(15-9-11)13-4-3-7-16(13)20(2,18)19/h5-6,9,13H,3-4,7-8H2,1-2H3,(H,14,17)/t13-/m0/s1. The van der Waals surface area contributed by atoms with Gasteiger partial charge in [-0.15, -0.1) is 0 Å². The highest BCUT2D eigenvalue weighted by Gasteiger charge is 2.33. The number of amides is 1. The van der Waals surface area contributed by atoms with Crippen molar-refractivity contribution in [1.82, 2.24) is 14.6 Å². The highest BCUT2D eigenvalue weighted by molar-refractivity contribution is 7.88. The molecule has 1 amide bonds. The van der Waals surface area contributed by atoms with Gasteiger partial charge >= 0.3 is 0 Å². The molecule has 2 heterocycles. The van der Waals surface area contributed by atoms with Gasteiger partial charge in [-0.2, -0.15) is 4.31 Å². The van der Waals surface area contributed by atoms with Gasteiger partial charge in [0.15, 0.2) is 0 Å². The molecule has 1 aliphatic rings. The number of nitrogens with zero attached hydrogens (tertiary/aromatic N) is 2. The lowest BCUT2D eigenvalue weighted by molar-refractivity contribution is -0.119. The van der Waals surface area contributed by atoms with Gasteiger partial charge in [0.25, 0.3) is 0 Å². The van der Waals surface area contributed by atoms with Gasteiger partial charge in [-0.25, -0.2) is 8.42 Å². The van der Waals surface area contributed by atoms with E-state index in [0.717, 1.165) is 24.1 Å². The Kier molecular flexibility index (Phi) is 4.39. The summed E-state index contributed by atoms with van der Waals surface area (Å²) in [5.41, 5.74) is 1.66. The number of hydrogen-bond acceptors (Lipinski definition) is 4. The van der Waals surface area contributed by atoms with Crippen LogP contribution in [0.1, 0.15) is 37.1 Å². The molecule has 1 N–H and O–H groups in total. The van der Waals surface area contributed by atoms with Crippen LogP contribution in [0.5, 0.6) is 0 Å². The van der Waals surface area contributed by atoms with Gasteiger partial charge in [0.2, 0.25) is 15.9 Å². The summed E-state index contributed by atoms with van der Waals surface area (Å²) in [7, 11) is -3.20. The molecule has 0 spiro atoms. The Bertz CT molecular complexity index is 583. The zero-order valence-corrected chi connectivity index (χ0v) is 12.5. The molecule has 1 atom stereocenters. The van der Waals surface area contributed by atoms with E-state index >= 15 is 0 Å². The zero-order chi connectivity index (χ0) is 14.8. The Labute approximate surface area is 119 Å². The third kappa shape index (κ3) is 3.55. The summed E-state index contributed by atoms with van der Waals surface area (Å²) in [6.45, 7) is 2.45. The summed E-state index contributed by atoms with van der Waals surface area (Å²) in [5, 5.41) is 2.70. The highest BCUT2D eigenvalue weighted by atomic mass is 32.2. The van der Waals surface area contributed by atoms with Crippen LogP contribution in [0, 0.1) is 0 Å². The second kappa shape index (κ2) is 5.88. The van der Waals surface area contributed by atoms with Crippen LogP contribution in [0.3, 0.4) is 0 Å². The minimum Gasteiger partial charge on any atom is -0.352 e. The normalized spacial score (nSPS) is 20.0. The van der Waals surface area contributed by atoms with Crippen molar-refractivity contribution in [3.8, 4) is 0 Å². The fraction of sp³-hybridized carbons (Fsp3) is 0.538. The third-order valence-corrected chi connectivity index (χ3v) is 4.65. The van der Waals surface area contributed by atoms with Crippen LogP contribution in [0.25, 0.3) is 0 Å². The van der Waals surface area contributed by atoms with Crippen LogP contribution in [-0.2, 0) is 21.4 Å². The molecule has 20 heavy (non-hydrogen) atoms. The van der Waals surface area contributed by atoms with Crippen LogP contribution >= 0.6 is 0 Å². The number of nitrogens with one attached hydrogen (secondary N) is 1. The molecule has 1 saturated heterocycles. The Morgan fingerprint density at radius 1 is 1.50 bits per heavy atom. The second-order valence-corrected chi connectivity index (χ2v) is 6.97. The first-order valence-electron chi connectivity index (χ1n) is 6.54. The molecule has 0 aromatic carbocycles. The Morgan fingerprint density at radius 3 is 2.80 bits per heavy atom. The van der Waals surface area contributed by atoms with Crippen LogP contribution < -0.4 is 5.32 Å². The molecule has 7 heteroatoms. The Balaban J connectivity index is 2.11. The van der Waals surface area contributed by atoms with Gasteiger partial charge in [-0.3, -0.25) is 9.78 Å². The van der Waals surface area contributed by atoms with E-state index in [0.29, 0.717) is 13.1 Å². The van der Waals surface area contributed by atoms with Crippen molar-refractivity contribution in [2.75, 3.05) is 12.8 Å². The average molecular weight is 297 g/mol. The molecule has 1 fully saturated rings.